The molecule has 5 heterocycles. The molecule has 1 amide bonds. The number of aliphatic hydroxyl groups excluding tert-OH is 1. The number of hydrogen-bond donors (Lipinski definition) is 1. The third kappa shape index (κ3) is 4.91. The van der Waals surface area contributed by atoms with Gasteiger partial charge in [0.1, 0.15) is 13.2 Å². The highest BCUT2D eigenvalue weighted by molar-refractivity contribution is 7.99. The van der Waals surface area contributed by atoms with E-state index in [1.807, 2.05) is 22.7 Å². The fraction of sp³-hybridized carbons (Fsp3) is 0.417. The van der Waals surface area contributed by atoms with Gasteiger partial charge in [-0.3, -0.25) is 9.78 Å². The van der Waals surface area contributed by atoms with Gasteiger partial charge in [-0.15, -0.1) is 15.3 Å². The van der Waals surface area contributed by atoms with Gasteiger partial charge in [0.2, 0.25) is 11.7 Å². The summed E-state index contributed by atoms with van der Waals surface area (Å²) in [5.74, 6) is 3.04. The minimum Gasteiger partial charge on any atom is -0.470 e. The van der Waals surface area contributed by atoms with E-state index in [2.05, 4.69) is 46.2 Å². The number of rotatable bonds is 6. The lowest BCUT2D eigenvalue weighted by molar-refractivity contribution is 0.0771. The van der Waals surface area contributed by atoms with Crippen LogP contribution in [-0.2, 0) is 18.6 Å². The molecule has 0 aliphatic carbocycles. The van der Waals surface area contributed by atoms with Crippen LogP contribution in [0.4, 0.5) is 0 Å². The van der Waals surface area contributed by atoms with E-state index < -0.39 is 0 Å². The van der Waals surface area contributed by atoms with Crippen molar-refractivity contribution >= 4 is 23.3 Å². The number of aromatic nitrogens is 6. The molecule has 1 N–H and O–H groups in total. The van der Waals surface area contributed by atoms with Crippen molar-refractivity contribution in [2.24, 2.45) is 0 Å². The van der Waals surface area contributed by atoms with Crippen LogP contribution in [0.3, 0.4) is 0 Å². The molecule has 0 saturated carbocycles. The fourth-order valence-corrected chi connectivity index (χ4v) is 4.74. The second kappa shape index (κ2) is 9.86. The number of nitrogens with zero attached hydrogens (tertiary/aromatic N) is 7. The first-order valence-electron chi connectivity index (χ1n) is 11.6. The second-order valence-corrected chi connectivity index (χ2v) is 10.7. The summed E-state index contributed by atoms with van der Waals surface area (Å²) >= 11 is 1.86. The van der Waals surface area contributed by atoms with Gasteiger partial charge in [0, 0.05) is 42.4 Å². The number of hydrogen-bond acceptors (Lipinski definition) is 10. The van der Waals surface area contributed by atoms with E-state index in [4.69, 9.17) is 9.26 Å². The Kier molecular flexibility index (Phi) is 6.63. The van der Waals surface area contributed by atoms with Crippen LogP contribution in [-0.4, -0.2) is 70.5 Å². The number of carbonyl (C=O) groups is 1. The fourth-order valence-electron chi connectivity index (χ4n) is 3.84. The topological polar surface area (TPSA) is 132 Å². The molecular formula is C24H27N7O4S. The third-order valence-electron chi connectivity index (χ3n) is 5.84. The molecule has 12 heteroatoms. The highest BCUT2D eigenvalue weighted by atomic mass is 32.2. The Morgan fingerprint density at radius 3 is 2.67 bits per heavy atom. The molecule has 1 aliphatic heterocycles. The second-order valence-electron chi connectivity index (χ2n) is 9.47. The van der Waals surface area contributed by atoms with Crippen molar-refractivity contribution in [2.75, 3.05) is 24.6 Å². The van der Waals surface area contributed by atoms with E-state index >= 15 is 0 Å². The van der Waals surface area contributed by atoms with Gasteiger partial charge in [0.25, 0.3) is 5.91 Å². The third-order valence-corrected chi connectivity index (χ3v) is 6.78. The van der Waals surface area contributed by atoms with E-state index in [1.165, 1.54) is 4.52 Å². The minimum atomic E-state index is -0.273. The standard InChI is InChI=1S/C24H27N7O4S/c1-24(2,3)18-11-20-26-27-21(19-10-17(13-32)35-29-19)31(20)28-22(18)34-14-16-5-4-15(12-25-16)23(33)30-6-8-36-9-7-30/h4-5,10-12,32H,6-9,13-14H2,1-3H3. The Balaban J connectivity index is 1.39. The summed E-state index contributed by atoms with van der Waals surface area (Å²) in [5.41, 5.74) is 2.78. The zero-order chi connectivity index (χ0) is 25.3. The van der Waals surface area contributed by atoms with Crippen LogP contribution >= 0.6 is 11.8 Å². The number of pyridine rings is 1. The lowest BCUT2D eigenvalue weighted by Gasteiger charge is -2.26. The molecule has 1 aliphatic rings. The molecule has 0 radical (unpaired) electrons. The van der Waals surface area contributed by atoms with Crippen molar-refractivity contribution in [2.45, 2.75) is 39.4 Å². The number of thioether (sulfide) groups is 1. The number of carbonyl (C=O) groups excluding carboxylic acids is 1. The first-order valence-corrected chi connectivity index (χ1v) is 12.8. The van der Waals surface area contributed by atoms with Crippen LogP contribution in [0.5, 0.6) is 5.88 Å². The summed E-state index contributed by atoms with van der Waals surface area (Å²) in [4.78, 5) is 19.0. The van der Waals surface area contributed by atoms with Gasteiger partial charge in [0.15, 0.2) is 17.1 Å². The summed E-state index contributed by atoms with van der Waals surface area (Å²) in [6, 6.07) is 7.07. The molecule has 36 heavy (non-hydrogen) atoms. The van der Waals surface area contributed by atoms with E-state index in [1.54, 1.807) is 24.4 Å². The summed E-state index contributed by atoms with van der Waals surface area (Å²) in [6.45, 7) is 7.62. The van der Waals surface area contributed by atoms with Crippen molar-refractivity contribution in [1.82, 2.24) is 34.9 Å². The summed E-state index contributed by atoms with van der Waals surface area (Å²) in [7, 11) is 0. The smallest absolute Gasteiger partial charge is 0.255 e. The summed E-state index contributed by atoms with van der Waals surface area (Å²) < 4.78 is 12.8. The lowest BCUT2D eigenvalue weighted by Crippen LogP contribution is -2.37. The lowest BCUT2D eigenvalue weighted by atomic mass is 9.88. The average Bonchev–Trinajstić information content (AvgIpc) is 3.53. The van der Waals surface area contributed by atoms with Crippen molar-refractivity contribution in [3.63, 3.8) is 0 Å². The molecular weight excluding hydrogens is 482 g/mol. The van der Waals surface area contributed by atoms with Crippen LogP contribution in [0, 0.1) is 0 Å². The monoisotopic (exact) mass is 509 g/mol. The van der Waals surface area contributed by atoms with Crippen molar-refractivity contribution in [3.05, 3.63) is 53.0 Å². The highest BCUT2D eigenvalue weighted by Gasteiger charge is 2.25. The number of fused-ring (bicyclic) bond motifs is 1. The Bertz CT molecular complexity index is 1370. The Morgan fingerprint density at radius 2 is 2.00 bits per heavy atom. The number of ether oxygens (including phenoxy) is 1. The van der Waals surface area contributed by atoms with E-state index in [-0.39, 0.29) is 24.5 Å². The predicted octanol–water partition coefficient (Wildman–Crippen LogP) is 2.73. The van der Waals surface area contributed by atoms with Crippen molar-refractivity contribution in [1.29, 1.82) is 0 Å². The molecule has 0 bridgehead atoms. The summed E-state index contributed by atoms with van der Waals surface area (Å²) in [5, 5.41) is 26.3. The highest BCUT2D eigenvalue weighted by Crippen LogP contribution is 2.32. The normalized spacial score (nSPS) is 14.4. The maximum atomic E-state index is 12.7. The van der Waals surface area contributed by atoms with Crippen molar-refractivity contribution in [3.8, 4) is 17.4 Å². The van der Waals surface area contributed by atoms with Crippen LogP contribution in [0.2, 0.25) is 0 Å². The van der Waals surface area contributed by atoms with Gasteiger partial charge < -0.3 is 19.3 Å². The first-order chi connectivity index (χ1) is 17.3. The van der Waals surface area contributed by atoms with Gasteiger partial charge in [-0.25, -0.2) is 0 Å². The zero-order valence-electron chi connectivity index (χ0n) is 20.3. The largest absolute Gasteiger partial charge is 0.470 e. The van der Waals surface area contributed by atoms with Gasteiger partial charge in [-0.2, -0.15) is 16.3 Å². The molecule has 0 spiro atoms. The van der Waals surface area contributed by atoms with Gasteiger partial charge in [-0.1, -0.05) is 25.9 Å². The maximum Gasteiger partial charge on any atom is 0.255 e. The van der Waals surface area contributed by atoms with Crippen LogP contribution in [0.15, 0.2) is 35.0 Å². The molecule has 0 unspecified atom stereocenters. The minimum absolute atomic E-state index is 0.00903. The molecule has 4 aromatic heterocycles. The van der Waals surface area contributed by atoms with E-state index in [9.17, 15) is 9.90 Å². The van der Waals surface area contributed by atoms with E-state index in [0.29, 0.717) is 40.1 Å². The van der Waals surface area contributed by atoms with E-state index in [0.717, 1.165) is 30.2 Å². The number of aliphatic hydroxyl groups is 1. The number of amides is 1. The van der Waals surface area contributed by atoms with Crippen LogP contribution in [0.25, 0.3) is 17.2 Å². The summed E-state index contributed by atoms with van der Waals surface area (Å²) in [6.07, 6.45) is 1.60. The van der Waals surface area contributed by atoms with Gasteiger partial charge in [0.05, 0.1) is 11.3 Å². The van der Waals surface area contributed by atoms with Crippen LogP contribution < -0.4 is 4.74 Å². The molecule has 11 nitrogen and oxygen atoms in total. The molecule has 188 valence electrons. The quantitative estimate of drug-likeness (QED) is 0.414. The van der Waals surface area contributed by atoms with Gasteiger partial charge >= 0.3 is 0 Å². The SMILES string of the molecule is CC(C)(C)c1cc2nnc(-c3cc(CO)on3)n2nc1OCc1ccc(C(=O)N2CCSCC2)cn1. The Morgan fingerprint density at radius 1 is 1.19 bits per heavy atom. The van der Waals surface area contributed by atoms with Gasteiger partial charge in [-0.05, 0) is 23.6 Å². The van der Waals surface area contributed by atoms with Crippen molar-refractivity contribution < 1.29 is 19.2 Å². The molecule has 1 saturated heterocycles. The molecule has 5 rings (SSSR count). The molecule has 0 atom stereocenters. The zero-order valence-corrected chi connectivity index (χ0v) is 21.2. The average molecular weight is 510 g/mol. The molecule has 1 fully saturated rings. The Labute approximate surface area is 211 Å². The maximum absolute atomic E-state index is 12.7. The predicted molar refractivity (Wildman–Crippen MR) is 133 cm³/mol. The molecule has 0 aromatic carbocycles. The first kappa shape index (κ1) is 24.2. The van der Waals surface area contributed by atoms with Crippen LogP contribution in [0.1, 0.15) is 48.1 Å². The Hall–Kier alpha value is -3.51. The molecule has 4 aromatic rings.